The number of thioether (sulfide) groups is 1. The Labute approximate surface area is 114 Å². The van der Waals surface area contributed by atoms with Gasteiger partial charge in [-0.1, -0.05) is 30.9 Å². The van der Waals surface area contributed by atoms with Crippen LogP contribution >= 0.6 is 36.4 Å². The van der Waals surface area contributed by atoms with E-state index in [9.17, 15) is 0 Å². The van der Waals surface area contributed by atoms with Gasteiger partial charge in [-0.05, 0) is 19.6 Å². The molecule has 0 aliphatic carbocycles. The maximum Gasteiger partial charge on any atom is 0.136 e. The minimum absolute atomic E-state index is 0. The van der Waals surface area contributed by atoms with Crippen LogP contribution in [0.2, 0.25) is 0 Å². The van der Waals surface area contributed by atoms with Gasteiger partial charge in [0, 0.05) is 25.5 Å². The number of H-pyrrole nitrogens is 1. The first-order valence-electron chi connectivity index (χ1n) is 5.10. The lowest BCUT2D eigenvalue weighted by atomic mass is 10.6. The molecule has 1 heterocycles. The molecule has 0 aromatic carbocycles. The minimum atomic E-state index is 0. The number of rotatable bonds is 3. The summed E-state index contributed by atoms with van der Waals surface area (Å²) in [4.78, 5) is 8.61. The van der Waals surface area contributed by atoms with Crippen molar-refractivity contribution in [3.63, 3.8) is 0 Å². The fraction of sp³-hybridized carbons (Fsp3) is 0.600. The summed E-state index contributed by atoms with van der Waals surface area (Å²) in [5, 5.41) is 0. The van der Waals surface area contributed by atoms with Crippen LogP contribution < -0.4 is 0 Å². The van der Waals surface area contributed by atoms with Crippen molar-refractivity contribution in [2.24, 2.45) is 0 Å². The van der Waals surface area contributed by atoms with Gasteiger partial charge in [0.15, 0.2) is 0 Å². The average molecular weight is 282 g/mol. The number of nitrogens with one attached hydrogen (secondary N) is 1. The normalized spacial score (nSPS) is 8.44. The van der Waals surface area contributed by atoms with E-state index in [0.29, 0.717) is 0 Å². The van der Waals surface area contributed by atoms with Crippen molar-refractivity contribution < 1.29 is 0 Å². The van der Waals surface area contributed by atoms with Crippen LogP contribution in [0.5, 0.6) is 0 Å². The van der Waals surface area contributed by atoms with Gasteiger partial charge < -0.3 is 9.88 Å². The van der Waals surface area contributed by atoms with Crippen molar-refractivity contribution in [2.75, 3.05) is 18.8 Å². The molecular formula is C10H20ClN3S2. The van der Waals surface area contributed by atoms with Crippen molar-refractivity contribution in [1.82, 2.24) is 14.9 Å². The first-order valence-corrected chi connectivity index (χ1v) is 6.50. The van der Waals surface area contributed by atoms with E-state index in [1.807, 2.05) is 0 Å². The molecule has 0 fully saturated rings. The molecule has 94 valence electrons. The Balaban J connectivity index is 0. The van der Waals surface area contributed by atoms with E-state index in [1.165, 1.54) is 0 Å². The molecule has 0 unspecified atom stereocenters. The van der Waals surface area contributed by atoms with E-state index < -0.39 is 0 Å². The van der Waals surface area contributed by atoms with Crippen LogP contribution in [0.1, 0.15) is 20.8 Å². The Morgan fingerprint density at radius 1 is 1.38 bits per heavy atom. The molecule has 0 aliphatic rings. The summed E-state index contributed by atoms with van der Waals surface area (Å²) in [6.45, 7) is 8.45. The standard InChI is InChI=1S/C7H15NS2.C3H4N2.ClH/c1-4-8(5-2)7(9)10-6-3;1-2-5-3-4-1;/h4-6H2,1-3H3;1-3H,(H,4,5);1H. The molecule has 0 saturated heterocycles. The fourth-order valence-electron chi connectivity index (χ4n) is 0.912. The monoisotopic (exact) mass is 281 g/mol. The smallest absolute Gasteiger partial charge is 0.136 e. The summed E-state index contributed by atoms with van der Waals surface area (Å²) in [5.74, 6) is 1.08. The molecule has 6 heteroatoms. The zero-order valence-electron chi connectivity index (χ0n) is 9.97. The van der Waals surface area contributed by atoms with Crippen LogP contribution in [-0.2, 0) is 0 Å². The lowest BCUT2D eigenvalue weighted by molar-refractivity contribution is 0.482. The highest BCUT2D eigenvalue weighted by molar-refractivity contribution is 8.22. The lowest BCUT2D eigenvalue weighted by Gasteiger charge is -2.20. The van der Waals surface area contributed by atoms with Crippen molar-refractivity contribution in [3.05, 3.63) is 18.7 Å². The maximum absolute atomic E-state index is 5.16. The highest BCUT2D eigenvalue weighted by Crippen LogP contribution is 2.07. The van der Waals surface area contributed by atoms with Crippen molar-refractivity contribution in [3.8, 4) is 0 Å². The number of halogens is 1. The molecule has 1 N–H and O–H groups in total. The molecule has 0 spiro atoms. The summed E-state index contributed by atoms with van der Waals surface area (Å²) < 4.78 is 1.03. The molecule has 0 amide bonds. The Bertz CT molecular complexity index is 221. The molecule has 1 aromatic heterocycles. The van der Waals surface area contributed by atoms with Gasteiger partial charge in [-0.25, -0.2) is 4.98 Å². The zero-order valence-corrected chi connectivity index (χ0v) is 12.4. The second-order valence-electron chi connectivity index (χ2n) is 2.63. The third kappa shape index (κ3) is 9.00. The lowest BCUT2D eigenvalue weighted by Crippen LogP contribution is -2.26. The van der Waals surface area contributed by atoms with Gasteiger partial charge in [0.1, 0.15) is 4.32 Å². The molecule has 1 aromatic rings. The summed E-state index contributed by atoms with van der Waals surface area (Å²) >= 11 is 6.91. The topological polar surface area (TPSA) is 31.9 Å². The molecule has 0 radical (unpaired) electrons. The van der Waals surface area contributed by atoms with E-state index >= 15 is 0 Å². The predicted molar refractivity (Wildman–Crippen MR) is 79.5 cm³/mol. The van der Waals surface area contributed by atoms with Gasteiger partial charge in [0.2, 0.25) is 0 Å². The highest BCUT2D eigenvalue weighted by Gasteiger charge is 2.02. The van der Waals surface area contributed by atoms with E-state index in [1.54, 1.807) is 30.5 Å². The van der Waals surface area contributed by atoms with Crippen LogP contribution in [0.15, 0.2) is 18.7 Å². The largest absolute Gasteiger partial charge is 0.358 e. The maximum atomic E-state index is 5.16. The van der Waals surface area contributed by atoms with Crippen LogP contribution in [-0.4, -0.2) is 38.0 Å². The van der Waals surface area contributed by atoms with Crippen LogP contribution in [0.3, 0.4) is 0 Å². The Kier molecular flexibility index (Phi) is 14.5. The van der Waals surface area contributed by atoms with Gasteiger partial charge >= 0.3 is 0 Å². The number of hydrogen-bond donors (Lipinski definition) is 1. The SMILES string of the molecule is CCSC(=S)N(CC)CC.Cl.c1c[nH]cn1. The molecule has 0 aliphatic heterocycles. The fourth-order valence-corrected chi connectivity index (χ4v) is 2.21. The van der Waals surface area contributed by atoms with Gasteiger partial charge in [-0.2, -0.15) is 0 Å². The minimum Gasteiger partial charge on any atom is -0.358 e. The molecule has 0 atom stereocenters. The van der Waals surface area contributed by atoms with Crippen LogP contribution in [0.25, 0.3) is 0 Å². The van der Waals surface area contributed by atoms with E-state index in [4.69, 9.17) is 12.2 Å². The summed E-state index contributed by atoms with van der Waals surface area (Å²) in [6.07, 6.45) is 5.08. The predicted octanol–water partition coefficient (Wildman–Crippen LogP) is 3.20. The first-order chi connectivity index (χ1) is 7.26. The van der Waals surface area contributed by atoms with Crippen LogP contribution in [0, 0.1) is 0 Å². The number of hydrogen-bond acceptors (Lipinski definition) is 3. The third-order valence-electron chi connectivity index (χ3n) is 1.70. The first kappa shape index (κ1) is 18.1. The quantitative estimate of drug-likeness (QED) is 0.863. The van der Waals surface area contributed by atoms with Crippen molar-refractivity contribution >= 4 is 40.7 Å². The van der Waals surface area contributed by atoms with Crippen molar-refractivity contribution in [1.29, 1.82) is 0 Å². The molecule has 16 heavy (non-hydrogen) atoms. The van der Waals surface area contributed by atoms with Gasteiger partial charge in [0.25, 0.3) is 0 Å². The third-order valence-corrected chi connectivity index (χ3v) is 3.10. The summed E-state index contributed by atoms with van der Waals surface area (Å²) in [7, 11) is 0. The number of aromatic amines is 1. The van der Waals surface area contributed by atoms with E-state index in [-0.39, 0.29) is 12.4 Å². The summed E-state index contributed by atoms with van der Waals surface area (Å²) in [5.41, 5.74) is 0. The molecule has 1 rings (SSSR count). The average Bonchev–Trinajstić information content (AvgIpc) is 2.78. The molecule has 0 bridgehead atoms. The second kappa shape index (κ2) is 12.8. The zero-order chi connectivity index (χ0) is 11.5. The summed E-state index contributed by atoms with van der Waals surface area (Å²) in [6, 6.07) is 0. The van der Waals surface area contributed by atoms with E-state index in [2.05, 4.69) is 35.6 Å². The molecule has 3 nitrogen and oxygen atoms in total. The van der Waals surface area contributed by atoms with Gasteiger partial charge in [-0.3, -0.25) is 0 Å². The highest BCUT2D eigenvalue weighted by atomic mass is 35.5. The Morgan fingerprint density at radius 3 is 2.25 bits per heavy atom. The van der Waals surface area contributed by atoms with Crippen molar-refractivity contribution in [2.45, 2.75) is 20.8 Å². The van der Waals surface area contributed by atoms with E-state index in [0.717, 1.165) is 23.2 Å². The second-order valence-corrected chi connectivity index (χ2v) is 4.53. The number of nitrogens with zero attached hydrogens (tertiary/aromatic N) is 2. The number of thiocarbonyl (C=S) groups is 1. The number of aromatic nitrogens is 2. The molecule has 0 saturated carbocycles. The van der Waals surface area contributed by atoms with Gasteiger partial charge in [0.05, 0.1) is 6.33 Å². The number of imidazole rings is 1. The Morgan fingerprint density at radius 2 is 2.00 bits per heavy atom. The molecular weight excluding hydrogens is 262 g/mol. The van der Waals surface area contributed by atoms with Gasteiger partial charge in [-0.15, -0.1) is 12.4 Å². The Hall–Kier alpha value is -0.260. The van der Waals surface area contributed by atoms with Crippen LogP contribution in [0.4, 0.5) is 0 Å².